The quantitative estimate of drug-likeness (QED) is 0.0169. The van der Waals surface area contributed by atoms with Crippen molar-refractivity contribution < 1.29 is 67.7 Å². The van der Waals surface area contributed by atoms with Gasteiger partial charge in [-0.3, -0.25) is 72.5 Å². The molecule has 0 saturated carbocycles. The molecule has 1 aromatic carbocycles. The Labute approximate surface area is 586 Å². The van der Waals surface area contributed by atoms with Crippen LogP contribution < -0.4 is 127 Å². The highest BCUT2D eigenvalue weighted by atomic mass is 16.3. The highest BCUT2D eigenvalue weighted by Gasteiger charge is 2.38. The van der Waals surface area contributed by atoms with Gasteiger partial charge in [-0.1, -0.05) is 44.2 Å². The third-order valence-electron chi connectivity index (χ3n) is 15.6. The Hall–Kier alpha value is -9.61. The smallest absolute Gasteiger partial charge is 0.245 e. The normalized spacial score (nSPS) is 21.1. The second kappa shape index (κ2) is 46.7. The summed E-state index contributed by atoms with van der Waals surface area (Å²) >= 11 is 0. The summed E-state index contributed by atoms with van der Waals surface area (Å²) < 4.78 is 0. The number of amides is 12. The van der Waals surface area contributed by atoms with E-state index in [9.17, 15) is 67.7 Å². The molecule has 1 saturated heterocycles. The molecule has 0 aliphatic carbocycles. The van der Waals surface area contributed by atoms with Crippen molar-refractivity contribution in [2.24, 2.45) is 84.0 Å². The number of guanidine groups is 3. The number of nitrogens with zero attached hydrogens (tertiary/aromatic N) is 3. The zero-order chi connectivity index (χ0) is 75.9. The molecule has 1 aromatic rings. The zero-order valence-electron chi connectivity index (χ0n) is 57.9. The van der Waals surface area contributed by atoms with Crippen molar-refractivity contribution >= 4 is 88.8 Å². The van der Waals surface area contributed by atoms with Crippen LogP contribution in [0.2, 0.25) is 0 Å². The van der Waals surface area contributed by atoms with Crippen molar-refractivity contribution in [2.45, 2.75) is 196 Å². The molecule has 1 heterocycles. The fourth-order valence-electron chi connectivity index (χ4n) is 10.2. The summed E-state index contributed by atoms with van der Waals surface area (Å²) in [7, 11) is 0. The molecule has 0 spiro atoms. The molecule has 36 N–H and O–H groups in total. The summed E-state index contributed by atoms with van der Waals surface area (Å²) in [4.78, 5) is 182. The average molecular weight is 1430 g/mol. The van der Waals surface area contributed by atoms with E-state index >= 15 is 0 Å². The number of nitrogens with two attached hydrogens (primary N) is 11. The molecule has 40 heteroatoms. The minimum atomic E-state index is -1.90. The summed E-state index contributed by atoms with van der Waals surface area (Å²) in [5.41, 5.74) is 63.2. The van der Waals surface area contributed by atoms with Gasteiger partial charge in [0.05, 0.1) is 18.2 Å². The predicted octanol–water partition coefficient (Wildman–Crippen LogP) is -11.2. The number of carbonyl (C=O) groups excluding carboxylic acids is 12. The number of rotatable bonds is 36. The molecule has 0 unspecified atom stereocenters. The Kier molecular flexibility index (Phi) is 40.4. The molecule has 101 heavy (non-hydrogen) atoms. The lowest BCUT2D eigenvalue weighted by atomic mass is 10.00. The van der Waals surface area contributed by atoms with Crippen molar-refractivity contribution in [1.82, 2.24) is 63.8 Å². The van der Waals surface area contributed by atoms with Crippen molar-refractivity contribution in [2.75, 3.05) is 52.4 Å². The first kappa shape index (κ1) is 87.5. The van der Waals surface area contributed by atoms with E-state index < -0.39 is 169 Å². The second-order valence-corrected chi connectivity index (χ2v) is 24.7. The second-order valence-electron chi connectivity index (χ2n) is 24.7. The standard InChI is InChI=1S/C61H110N26O14/c1-31(2)29-43-55(98)81-38(16-21-62)49(92)80-41(19-24-65)54(97)86-45(32(3)88)57(100)73-28-20-42(52(95)79-39(17-22-63)51(94)85-44(56(99)84-43)30-34-11-6-5-7-12-34)82-50(93)40(18-23-64)83-58(101)46(33(4)89)87-53(96)37(15-10-27-76-61(71)72)78-48(91)36(14-9-26-75-60(69)70)77-47(90)35(66)13-8-25-74-59(67)68/h5-7,11-12,31-33,35-46,88-89H,8-10,13-30,62-66H2,1-4H3,(H,73,100)(H,77,90)(H,78,91)(H,79,95)(H,80,92)(H,81,98)(H,82,93)(H,83,101)(H,84,99)(H,85,94)(H,86,97)(H,87,96)(H4,67,68,74)(H4,69,70,75)(H4,71,72,76)/t32-,33-,35+,36+,37+,38+,39+,40+,41+,42+,43+,44-,45+,46+/m1/s1. The van der Waals surface area contributed by atoms with Crippen molar-refractivity contribution in [3.63, 3.8) is 0 Å². The largest absolute Gasteiger partial charge is 0.391 e. The maximum atomic E-state index is 14.7. The van der Waals surface area contributed by atoms with Gasteiger partial charge in [0.25, 0.3) is 0 Å². The van der Waals surface area contributed by atoms with E-state index in [0.29, 0.717) is 12.0 Å². The highest BCUT2D eigenvalue weighted by molar-refractivity contribution is 6.00. The molecule has 0 bridgehead atoms. The van der Waals surface area contributed by atoms with Gasteiger partial charge in [-0.2, -0.15) is 0 Å². The summed E-state index contributed by atoms with van der Waals surface area (Å²) in [6.07, 6.45) is -4.79. The number of aliphatic hydroxyl groups excluding tert-OH is 2. The summed E-state index contributed by atoms with van der Waals surface area (Å²) in [6.45, 7) is 4.55. The molecule has 1 aliphatic rings. The van der Waals surface area contributed by atoms with E-state index in [4.69, 9.17) is 63.1 Å². The van der Waals surface area contributed by atoms with Crippen LogP contribution in [0.5, 0.6) is 0 Å². The third-order valence-corrected chi connectivity index (χ3v) is 15.6. The van der Waals surface area contributed by atoms with Gasteiger partial charge in [0.1, 0.15) is 66.5 Å². The van der Waals surface area contributed by atoms with Crippen LogP contribution >= 0.6 is 0 Å². The molecule has 14 atom stereocenters. The van der Waals surface area contributed by atoms with Crippen LogP contribution in [-0.2, 0) is 64.0 Å². The first-order valence-electron chi connectivity index (χ1n) is 33.5. The molecule has 40 nitrogen and oxygen atoms in total. The van der Waals surface area contributed by atoms with E-state index in [1.54, 1.807) is 44.2 Å². The molecule has 0 aromatic heterocycles. The van der Waals surface area contributed by atoms with Crippen LogP contribution in [0.4, 0.5) is 0 Å². The highest BCUT2D eigenvalue weighted by Crippen LogP contribution is 2.13. The predicted molar refractivity (Wildman–Crippen MR) is 374 cm³/mol. The Morgan fingerprint density at radius 3 is 1.38 bits per heavy atom. The number of hydrogen-bond donors (Lipinski definition) is 25. The number of nitrogens with one attached hydrogen (secondary N) is 12. The van der Waals surface area contributed by atoms with E-state index in [1.807, 2.05) is 0 Å². The first-order chi connectivity index (χ1) is 47.8. The number of hydrogen-bond acceptors (Lipinski definition) is 22. The average Bonchev–Trinajstić information content (AvgIpc) is 1.07. The van der Waals surface area contributed by atoms with Gasteiger partial charge in [-0.15, -0.1) is 0 Å². The van der Waals surface area contributed by atoms with Crippen LogP contribution in [0, 0.1) is 5.92 Å². The molecule has 12 amide bonds. The van der Waals surface area contributed by atoms with Gasteiger partial charge < -0.3 is 137 Å². The maximum absolute atomic E-state index is 14.7. The fourth-order valence-corrected chi connectivity index (χ4v) is 10.2. The molecule has 0 radical (unpaired) electrons. The molecule has 568 valence electrons. The Balaban J connectivity index is 2.73. The van der Waals surface area contributed by atoms with E-state index in [0.717, 1.165) is 6.92 Å². The summed E-state index contributed by atoms with van der Waals surface area (Å²) in [5.74, 6) is -12.6. The Morgan fingerprint density at radius 1 is 0.495 bits per heavy atom. The molecular formula is C61H110N26O14. The topological polar surface area (TPSA) is 713 Å². The SMILES string of the molecule is CC(C)C[C@@H]1NC(=O)[C@@H](Cc2ccccc2)NC(=O)[C@H](CCN)NC(=O)[C@@H](NC(=O)[C@H](CCN)NC(=O)[C@@H](NC(=O)[C@H](CCCN=C(N)N)NC(=O)[C@H](CCCN=C(N)N)NC(=O)[C@@H](N)CCCN=C(N)N)[C@@H](C)O)CCNC(=O)[C@H]([C@@H](C)O)NC(=O)[C@H](CCN)NC(=O)[C@H](CCN)NC1=O. The first-order valence-corrected chi connectivity index (χ1v) is 33.5. The van der Waals surface area contributed by atoms with Crippen molar-refractivity contribution in [1.29, 1.82) is 0 Å². The monoisotopic (exact) mass is 1430 g/mol. The molecular weight excluding hydrogens is 1320 g/mol. The van der Waals surface area contributed by atoms with Crippen LogP contribution in [0.1, 0.15) is 110 Å². The minimum absolute atomic E-state index is 0.0127. The number of carbonyl (C=O) groups is 12. The number of aliphatic imine (C=N–C) groups is 3. The van der Waals surface area contributed by atoms with E-state index in [1.165, 1.54) is 6.92 Å². The van der Waals surface area contributed by atoms with Gasteiger partial charge in [0.2, 0.25) is 70.9 Å². The van der Waals surface area contributed by atoms with Gasteiger partial charge in [0, 0.05) is 32.6 Å². The minimum Gasteiger partial charge on any atom is -0.391 e. The van der Waals surface area contributed by atoms with E-state index in [-0.39, 0.29) is 140 Å². The summed E-state index contributed by atoms with van der Waals surface area (Å²) in [5, 5.41) is 52.4. The molecule has 2 rings (SSSR count). The van der Waals surface area contributed by atoms with Gasteiger partial charge in [-0.05, 0) is 129 Å². The van der Waals surface area contributed by atoms with Gasteiger partial charge in [-0.25, -0.2) is 0 Å². The lowest BCUT2D eigenvalue weighted by molar-refractivity contribution is -0.137. The Bertz CT molecular complexity index is 2950. The zero-order valence-corrected chi connectivity index (χ0v) is 57.9. The van der Waals surface area contributed by atoms with Crippen molar-refractivity contribution in [3.05, 3.63) is 35.9 Å². The van der Waals surface area contributed by atoms with Gasteiger partial charge in [0.15, 0.2) is 17.9 Å². The van der Waals surface area contributed by atoms with E-state index in [2.05, 4.69) is 78.8 Å². The Morgan fingerprint density at radius 2 is 0.911 bits per heavy atom. The van der Waals surface area contributed by atoms with Crippen molar-refractivity contribution in [3.8, 4) is 0 Å². The van der Waals surface area contributed by atoms with Gasteiger partial charge >= 0.3 is 0 Å². The third kappa shape index (κ3) is 33.4. The number of aliphatic hydroxyl groups is 2. The molecule has 1 aliphatic heterocycles. The van der Waals surface area contributed by atoms with Crippen LogP contribution in [0.25, 0.3) is 0 Å². The van der Waals surface area contributed by atoms with Crippen LogP contribution in [0.15, 0.2) is 45.3 Å². The maximum Gasteiger partial charge on any atom is 0.245 e. The van der Waals surface area contributed by atoms with Crippen LogP contribution in [0.3, 0.4) is 0 Å². The summed E-state index contributed by atoms with van der Waals surface area (Å²) in [6, 6.07) is -9.89. The lowest BCUT2D eigenvalue weighted by Crippen LogP contribution is -2.62. The molecule has 1 fully saturated rings. The van der Waals surface area contributed by atoms with Crippen LogP contribution in [-0.4, -0.2) is 236 Å². The fraction of sp³-hybridized carbons (Fsp3) is 0.656. The number of benzene rings is 1. The lowest BCUT2D eigenvalue weighted by Gasteiger charge is -2.29.